The van der Waals surface area contributed by atoms with Gasteiger partial charge in [0.05, 0.1) is 0 Å². The van der Waals surface area contributed by atoms with Crippen molar-refractivity contribution in [1.29, 1.82) is 0 Å². The lowest BCUT2D eigenvalue weighted by Crippen LogP contribution is -2.26. The van der Waals surface area contributed by atoms with Gasteiger partial charge in [0.25, 0.3) is 0 Å². The molecule has 0 radical (unpaired) electrons. The van der Waals surface area contributed by atoms with Crippen molar-refractivity contribution in [2.24, 2.45) is 5.84 Å². The highest BCUT2D eigenvalue weighted by Crippen LogP contribution is 2.25. The van der Waals surface area contributed by atoms with Gasteiger partial charge in [0, 0.05) is 10.5 Å². The van der Waals surface area contributed by atoms with Crippen LogP contribution in [0.4, 0.5) is 8.78 Å². The summed E-state index contributed by atoms with van der Waals surface area (Å²) in [6, 6.07) is 1.96. The van der Waals surface area contributed by atoms with E-state index in [1.54, 1.807) is 6.92 Å². The van der Waals surface area contributed by atoms with E-state index in [9.17, 15) is 8.78 Å². The van der Waals surface area contributed by atoms with Crippen molar-refractivity contribution in [3.63, 3.8) is 0 Å². The first-order valence-electron chi connectivity index (χ1n) is 3.67. The van der Waals surface area contributed by atoms with E-state index < -0.39 is 11.6 Å². The Labute approximate surface area is 83.2 Å². The minimum atomic E-state index is -0.875. The molecule has 1 unspecified atom stereocenters. The second-order valence-corrected chi connectivity index (χ2v) is 3.53. The summed E-state index contributed by atoms with van der Waals surface area (Å²) in [6.45, 7) is 1.75. The van der Waals surface area contributed by atoms with Crippen LogP contribution in [0.25, 0.3) is 0 Å². The average Bonchev–Trinajstić information content (AvgIpc) is 2.10. The number of benzene rings is 1. The summed E-state index contributed by atoms with van der Waals surface area (Å²) in [5.74, 6) is 3.42. The fourth-order valence-electron chi connectivity index (χ4n) is 0.960. The largest absolute Gasteiger partial charge is 0.271 e. The van der Waals surface area contributed by atoms with E-state index >= 15 is 0 Å². The molecule has 72 valence electrons. The number of hydrogen-bond donors (Lipinski definition) is 2. The number of nitrogens with two attached hydrogens (primary N) is 1. The summed E-state index contributed by atoms with van der Waals surface area (Å²) in [5, 5.41) is 0. The standard InChI is InChI=1S/C8H9BrF2N2/c1-4(13-12)5-2-7(10)8(11)3-6(5)9/h2-4,13H,12H2,1H3. The zero-order valence-corrected chi connectivity index (χ0v) is 8.53. The molecule has 13 heavy (non-hydrogen) atoms. The van der Waals surface area contributed by atoms with Crippen LogP contribution in [-0.4, -0.2) is 0 Å². The summed E-state index contributed by atoms with van der Waals surface area (Å²) >= 11 is 3.12. The van der Waals surface area contributed by atoms with Gasteiger partial charge in [-0.1, -0.05) is 15.9 Å². The third kappa shape index (κ3) is 2.24. The van der Waals surface area contributed by atoms with E-state index in [2.05, 4.69) is 21.4 Å². The fourth-order valence-corrected chi connectivity index (χ4v) is 1.62. The lowest BCUT2D eigenvalue weighted by Gasteiger charge is -2.12. The van der Waals surface area contributed by atoms with Crippen LogP contribution in [-0.2, 0) is 0 Å². The molecule has 3 N–H and O–H groups in total. The number of hydrogen-bond acceptors (Lipinski definition) is 2. The fraction of sp³-hybridized carbons (Fsp3) is 0.250. The number of halogens is 3. The molecule has 0 aromatic heterocycles. The lowest BCUT2D eigenvalue weighted by atomic mass is 10.1. The van der Waals surface area contributed by atoms with E-state index in [4.69, 9.17) is 5.84 Å². The summed E-state index contributed by atoms with van der Waals surface area (Å²) in [5.41, 5.74) is 3.03. The van der Waals surface area contributed by atoms with Gasteiger partial charge in [-0.05, 0) is 24.6 Å². The quantitative estimate of drug-likeness (QED) is 0.480. The van der Waals surface area contributed by atoms with Gasteiger partial charge < -0.3 is 0 Å². The number of nitrogens with one attached hydrogen (secondary N) is 1. The Morgan fingerprint density at radius 1 is 1.38 bits per heavy atom. The lowest BCUT2D eigenvalue weighted by molar-refractivity contribution is 0.501. The molecule has 5 heteroatoms. The molecule has 2 nitrogen and oxygen atoms in total. The molecule has 1 atom stereocenters. The molecule has 0 aliphatic heterocycles. The average molecular weight is 251 g/mol. The van der Waals surface area contributed by atoms with Crippen LogP contribution in [0.15, 0.2) is 16.6 Å². The van der Waals surface area contributed by atoms with Gasteiger partial charge in [0.1, 0.15) is 0 Å². The Morgan fingerprint density at radius 2 is 1.92 bits per heavy atom. The first kappa shape index (κ1) is 10.6. The smallest absolute Gasteiger partial charge is 0.159 e. The first-order chi connectivity index (χ1) is 6.06. The van der Waals surface area contributed by atoms with Crippen LogP contribution in [0.2, 0.25) is 0 Å². The maximum absolute atomic E-state index is 12.8. The predicted molar refractivity (Wildman–Crippen MR) is 49.8 cm³/mol. The van der Waals surface area contributed by atoms with Crippen LogP contribution >= 0.6 is 15.9 Å². The van der Waals surface area contributed by atoms with Crippen LogP contribution < -0.4 is 11.3 Å². The van der Waals surface area contributed by atoms with Gasteiger partial charge in [0.2, 0.25) is 0 Å². The summed E-state index contributed by atoms with van der Waals surface area (Å²) in [7, 11) is 0. The molecule has 0 aliphatic carbocycles. The normalized spacial score (nSPS) is 13.0. The van der Waals surface area contributed by atoms with Gasteiger partial charge >= 0.3 is 0 Å². The molecule has 1 rings (SSSR count). The van der Waals surface area contributed by atoms with Crippen LogP contribution in [0, 0.1) is 11.6 Å². The minimum Gasteiger partial charge on any atom is -0.271 e. The number of hydrazine groups is 1. The molecule has 0 fully saturated rings. The summed E-state index contributed by atoms with van der Waals surface area (Å²) in [4.78, 5) is 0. The molecule has 0 saturated carbocycles. The maximum Gasteiger partial charge on any atom is 0.159 e. The minimum absolute atomic E-state index is 0.232. The Balaban J connectivity index is 3.15. The second kappa shape index (κ2) is 4.13. The molecule has 0 spiro atoms. The Bertz CT molecular complexity index is 317. The molecule has 1 aromatic rings. The van der Waals surface area contributed by atoms with Crippen molar-refractivity contribution >= 4 is 15.9 Å². The molecule has 0 bridgehead atoms. The van der Waals surface area contributed by atoms with E-state index in [1.165, 1.54) is 0 Å². The van der Waals surface area contributed by atoms with Crippen molar-refractivity contribution in [1.82, 2.24) is 5.43 Å². The molecule has 0 heterocycles. The van der Waals surface area contributed by atoms with Gasteiger partial charge in [-0.2, -0.15) is 0 Å². The summed E-state index contributed by atoms with van der Waals surface area (Å²) < 4.78 is 26.0. The van der Waals surface area contributed by atoms with Crippen molar-refractivity contribution < 1.29 is 8.78 Å². The van der Waals surface area contributed by atoms with Gasteiger partial charge in [-0.15, -0.1) is 0 Å². The molecular formula is C8H9BrF2N2. The van der Waals surface area contributed by atoms with Crippen molar-refractivity contribution in [3.05, 3.63) is 33.8 Å². The highest BCUT2D eigenvalue weighted by molar-refractivity contribution is 9.10. The predicted octanol–water partition coefficient (Wildman–Crippen LogP) is 2.25. The van der Waals surface area contributed by atoms with Crippen LogP contribution in [0.3, 0.4) is 0 Å². The van der Waals surface area contributed by atoms with Crippen LogP contribution in [0.5, 0.6) is 0 Å². The van der Waals surface area contributed by atoms with Gasteiger partial charge in [-0.25, -0.2) is 8.78 Å². The van der Waals surface area contributed by atoms with Crippen LogP contribution in [0.1, 0.15) is 18.5 Å². The topological polar surface area (TPSA) is 38.0 Å². The second-order valence-electron chi connectivity index (χ2n) is 2.68. The molecule has 0 amide bonds. The Hall–Kier alpha value is -0.520. The number of rotatable bonds is 2. The molecule has 0 aliphatic rings. The van der Waals surface area contributed by atoms with Gasteiger partial charge in [0.15, 0.2) is 11.6 Å². The van der Waals surface area contributed by atoms with Crippen molar-refractivity contribution in [2.45, 2.75) is 13.0 Å². The SMILES string of the molecule is CC(NN)c1cc(F)c(F)cc1Br. The monoisotopic (exact) mass is 250 g/mol. The van der Waals surface area contributed by atoms with Crippen molar-refractivity contribution in [3.8, 4) is 0 Å². The first-order valence-corrected chi connectivity index (χ1v) is 4.46. The summed E-state index contributed by atoms with van der Waals surface area (Å²) in [6.07, 6.45) is 0. The van der Waals surface area contributed by atoms with E-state index in [0.29, 0.717) is 10.0 Å². The Kier molecular flexibility index (Phi) is 3.35. The van der Waals surface area contributed by atoms with E-state index in [1.807, 2.05) is 0 Å². The van der Waals surface area contributed by atoms with E-state index in [-0.39, 0.29) is 6.04 Å². The third-order valence-electron chi connectivity index (χ3n) is 1.76. The third-order valence-corrected chi connectivity index (χ3v) is 2.44. The Morgan fingerprint density at radius 3 is 2.46 bits per heavy atom. The maximum atomic E-state index is 12.8. The highest BCUT2D eigenvalue weighted by atomic mass is 79.9. The zero-order valence-electron chi connectivity index (χ0n) is 6.94. The highest BCUT2D eigenvalue weighted by Gasteiger charge is 2.12. The van der Waals surface area contributed by atoms with Gasteiger partial charge in [-0.3, -0.25) is 11.3 Å². The van der Waals surface area contributed by atoms with Crippen molar-refractivity contribution in [2.75, 3.05) is 0 Å². The molecule has 1 aromatic carbocycles. The van der Waals surface area contributed by atoms with E-state index in [0.717, 1.165) is 12.1 Å². The zero-order chi connectivity index (χ0) is 10.0. The molecular weight excluding hydrogens is 242 g/mol. The molecule has 0 saturated heterocycles.